The fourth-order valence-corrected chi connectivity index (χ4v) is 3.90. The van der Waals surface area contributed by atoms with E-state index in [0.717, 1.165) is 30.8 Å². The number of fused-ring (bicyclic) bond motifs is 1. The lowest BCUT2D eigenvalue weighted by atomic mass is 10.00. The van der Waals surface area contributed by atoms with Crippen LogP contribution >= 0.6 is 11.3 Å². The third-order valence-corrected chi connectivity index (χ3v) is 5.45. The van der Waals surface area contributed by atoms with Gasteiger partial charge in [-0.3, -0.25) is 14.3 Å². The molecule has 1 aliphatic heterocycles. The summed E-state index contributed by atoms with van der Waals surface area (Å²) in [5.41, 5.74) is -0.433. The summed E-state index contributed by atoms with van der Waals surface area (Å²) in [5.74, 6) is 0.722. The van der Waals surface area contributed by atoms with Crippen molar-refractivity contribution in [2.24, 2.45) is 5.92 Å². The lowest BCUT2D eigenvalue weighted by Gasteiger charge is -2.22. The van der Waals surface area contributed by atoms with Crippen molar-refractivity contribution in [1.82, 2.24) is 14.9 Å². The largest absolute Gasteiger partial charge is 0.329 e. The van der Waals surface area contributed by atoms with Gasteiger partial charge in [0, 0.05) is 11.4 Å². The summed E-state index contributed by atoms with van der Waals surface area (Å²) in [4.78, 5) is 29.5. The first-order chi connectivity index (χ1) is 10.1. The zero-order valence-corrected chi connectivity index (χ0v) is 13.3. The predicted molar refractivity (Wildman–Crippen MR) is 86.4 cm³/mol. The van der Waals surface area contributed by atoms with E-state index in [0.29, 0.717) is 28.6 Å². The van der Waals surface area contributed by atoms with Crippen LogP contribution in [0.25, 0.3) is 10.2 Å². The molecule has 2 aromatic rings. The molecule has 0 aromatic carbocycles. The van der Waals surface area contributed by atoms with E-state index in [2.05, 4.69) is 24.1 Å². The molecule has 5 nitrogen and oxygen atoms in total. The Balaban J connectivity index is 2.02. The van der Waals surface area contributed by atoms with Gasteiger partial charge in [-0.1, -0.05) is 13.8 Å². The number of aromatic amines is 1. The Morgan fingerprint density at radius 2 is 2.24 bits per heavy atom. The average molecular weight is 307 g/mol. The zero-order chi connectivity index (χ0) is 15.0. The second-order valence-electron chi connectivity index (χ2n) is 6.10. The fourth-order valence-electron chi connectivity index (χ4n) is 2.85. The monoisotopic (exact) mass is 307 g/mol. The predicted octanol–water partition coefficient (Wildman–Crippen LogP) is 1.87. The lowest BCUT2D eigenvalue weighted by molar-refractivity contribution is 0.330. The van der Waals surface area contributed by atoms with Crippen LogP contribution in [-0.4, -0.2) is 22.6 Å². The molecule has 2 aromatic heterocycles. The van der Waals surface area contributed by atoms with E-state index in [1.54, 1.807) is 0 Å². The van der Waals surface area contributed by atoms with Gasteiger partial charge in [0.25, 0.3) is 5.56 Å². The molecule has 0 radical (unpaired) electrons. The van der Waals surface area contributed by atoms with Crippen LogP contribution in [0.3, 0.4) is 0 Å². The molecule has 0 saturated carbocycles. The Morgan fingerprint density at radius 1 is 1.43 bits per heavy atom. The molecule has 1 aliphatic rings. The maximum absolute atomic E-state index is 12.6. The second-order valence-corrected chi connectivity index (χ2v) is 7.19. The molecule has 6 heteroatoms. The number of hydrogen-bond donors (Lipinski definition) is 2. The number of piperidine rings is 1. The van der Waals surface area contributed by atoms with Gasteiger partial charge in [-0.05, 0) is 43.8 Å². The van der Waals surface area contributed by atoms with Crippen molar-refractivity contribution in [2.45, 2.75) is 39.2 Å². The Labute approximate surface area is 127 Å². The van der Waals surface area contributed by atoms with Gasteiger partial charge in [0.1, 0.15) is 4.83 Å². The highest BCUT2D eigenvalue weighted by molar-refractivity contribution is 7.18. The summed E-state index contributed by atoms with van der Waals surface area (Å²) in [5, 5.41) is 3.97. The summed E-state index contributed by atoms with van der Waals surface area (Å²) >= 11 is 1.51. The topological polar surface area (TPSA) is 66.9 Å². The van der Waals surface area contributed by atoms with Gasteiger partial charge >= 0.3 is 5.69 Å². The number of rotatable bonds is 3. The number of nitrogens with zero attached hydrogens (tertiary/aromatic N) is 1. The summed E-state index contributed by atoms with van der Waals surface area (Å²) in [7, 11) is 0. The van der Waals surface area contributed by atoms with Gasteiger partial charge in [0.2, 0.25) is 0 Å². The fraction of sp³-hybridized carbons (Fsp3) is 0.600. The maximum Gasteiger partial charge on any atom is 0.329 e. The van der Waals surface area contributed by atoms with Gasteiger partial charge in [0.05, 0.1) is 5.39 Å². The van der Waals surface area contributed by atoms with E-state index in [4.69, 9.17) is 0 Å². The van der Waals surface area contributed by atoms with E-state index < -0.39 is 0 Å². The molecule has 1 unspecified atom stereocenters. The van der Waals surface area contributed by atoms with Crippen molar-refractivity contribution >= 4 is 21.6 Å². The molecule has 1 fully saturated rings. The number of thiophene rings is 1. The number of nitrogens with one attached hydrogen (secondary N) is 2. The van der Waals surface area contributed by atoms with Crippen LogP contribution in [0.1, 0.15) is 37.5 Å². The maximum atomic E-state index is 12.6. The molecule has 0 bridgehead atoms. The Hall–Kier alpha value is -1.40. The van der Waals surface area contributed by atoms with Crippen LogP contribution in [0.5, 0.6) is 0 Å². The first-order valence-electron chi connectivity index (χ1n) is 7.53. The quantitative estimate of drug-likeness (QED) is 0.910. The van der Waals surface area contributed by atoms with Crippen LogP contribution in [0.4, 0.5) is 0 Å². The molecule has 3 rings (SSSR count). The van der Waals surface area contributed by atoms with Crippen molar-refractivity contribution in [1.29, 1.82) is 0 Å². The number of H-pyrrole nitrogens is 1. The molecule has 0 aliphatic carbocycles. The average Bonchev–Trinajstić information content (AvgIpc) is 2.89. The highest BCUT2D eigenvalue weighted by Crippen LogP contribution is 2.26. The minimum atomic E-state index is -0.282. The normalized spacial score (nSPS) is 19.5. The highest BCUT2D eigenvalue weighted by Gasteiger charge is 2.18. The van der Waals surface area contributed by atoms with Gasteiger partial charge in [-0.2, -0.15) is 0 Å². The van der Waals surface area contributed by atoms with E-state index in [-0.39, 0.29) is 11.2 Å². The van der Waals surface area contributed by atoms with Crippen molar-refractivity contribution in [2.75, 3.05) is 13.1 Å². The van der Waals surface area contributed by atoms with Crippen molar-refractivity contribution in [3.05, 3.63) is 31.8 Å². The van der Waals surface area contributed by atoms with Gasteiger partial charge in [-0.15, -0.1) is 11.3 Å². The van der Waals surface area contributed by atoms with Crippen LogP contribution < -0.4 is 16.6 Å². The molecule has 2 N–H and O–H groups in total. The summed E-state index contributed by atoms with van der Waals surface area (Å²) in [6.45, 7) is 6.60. The third kappa shape index (κ3) is 2.82. The molecule has 21 heavy (non-hydrogen) atoms. The van der Waals surface area contributed by atoms with E-state index >= 15 is 0 Å². The van der Waals surface area contributed by atoms with Crippen LogP contribution in [0.15, 0.2) is 15.7 Å². The Kier molecular flexibility index (Phi) is 3.99. The Morgan fingerprint density at radius 3 is 2.90 bits per heavy atom. The highest BCUT2D eigenvalue weighted by atomic mass is 32.1. The first kappa shape index (κ1) is 14.5. The van der Waals surface area contributed by atoms with Crippen molar-refractivity contribution < 1.29 is 0 Å². The minimum Gasteiger partial charge on any atom is -0.316 e. The number of hydrogen-bond acceptors (Lipinski definition) is 4. The molecule has 1 atom stereocenters. The molecular formula is C15H21N3O2S. The van der Waals surface area contributed by atoms with Gasteiger partial charge < -0.3 is 5.32 Å². The standard InChI is InChI=1S/C15H21N3O2S/c1-9(2)12-6-11-13(21-12)17-15(20)18(14(11)19)8-10-4-3-5-16-7-10/h6,9-10,16H,3-5,7-8H2,1-2H3,(H,17,20). The molecule has 0 spiro atoms. The van der Waals surface area contributed by atoms with Crippen LogP contribution in [0, 0.1) is 5.92 Å². The minimum absolute atomic E-state index is 0.150. The summed E-state index contributed by atoms with van der Waals surface area (Å²) in [6.07, 6.45) is 2.17. The third-order valence-electron chi connectivity index (χ3n) is 4.10. The summed E-state index contributed by atoms with van der Waals surface area (Å²) < 4.78 is 1.37. The SMILES string of the molecule is CC(C)c1cc2c(=O)n(CC3CCCNC3)c(=O)[nH]c2s1. The van der Waals surface area contributed by atoms with E-state index in [9.17, 15) is 9.59 Å². The summed E-state index contributed by atoms with van der Waals surface area (Å²) in [6, 6.07) is 1.93. The molecular weight excluding hydrogens is 286 g/mol. The molecule has 114 valence electrons. The van der Waals surface area contributed by atoms with E-state index in [1.807, 2.05) is 6.07 Å². The number of aromatic nitrogens is 2. The van der Waals surface area contributed by atoms with E-state index in [1.165, 1.54) is 15.9 Å². The molecule has 1 saturated heterocycles. The van der Waals surface area contributed by atoms with Crippen molar-refractivity contribution in [3.8, 4) is 0 Å². The second kappa shape index (κ2) is 5.77. The zero-order valence-electron chi connectivity index (χ0n) is 12.4. The van der Waals surface area contributed by atoms with Crippen LogP contribution in [0.2, 0.25) is 0 Å². The Bertz CT molecular complexity index is 750. The van der Waals surface area contributed by atoms with Crippen LogP contribution in [-0.2, 0) is 6.54 Å². The van der Waals surface area contributed by atoms with Crippen molar-refractivity contribution in [3.63, 3.8) is 0 Å². The first-order valence-corrected chi connectivity index (χ1v) is 8.35. The van der Waals surface area contributed by atoms with Gasteiger partial charge in [0.15, 0.2) is 0 Å². The molecule has 3 heterocycles. The van der Waals surface area contributed by atoms with Gasteiger partial charge in [-0.25, -0.2) is 4.79 Å². The molecule has 0 amide bonds. The lowest BCUT2D eigenvalue weighted by Crippen LogP contribution is -2.40. The smallest absolute Gasteiger partial charge is 0.316 e.